The van der Waals surface area contributed by atoms with Crippen LogP contribution in [0.4, 0.5) is 5.69 Å². The van der Waals surface area contributed by atoms with Gasteiger partial charge in [-0.15, -0.1) is 0 Å². The fraction of sp³-hybridized carbons (Fsp3) is 0.333. The van der Waals surface area contributed by atoms with E-state index in [1.54, 1.807) is 18.5 Å². The maximum atomic E-state index is 11.9. The monoisotopic (exact) mass is 313 g/mol. The first-order chi connectivity index (χ1) is 11.1. The summed E-state index contributed by atoms with van der Waals surface area (Å²) in [6.07, 6.45) is 3.87. The highest BCUT2D eigenvalue weighted by Gasteiger charge is 2.10. The largest absolute Gasteiger partial charge is 0.388 e. The van der Waals surface area contributed by atoms with Gasteiger partial charge in [-0.2, -0.15) is 0 Å². The molecule has 0 saturated heterocycles. The fourth-order valence-corrected chi connectivity index (χ4v) is 2.25. The van der Waals surface area contributed by atoms with Gasteiger partial charge in [-0.05, 0) is 31.2 Å². The van der Waals surface area contributed by atoms with Gasteiger partial charge >= 0.3 is 0 Å². The molecule has 2 N–H and O–H groups in total. The SMILES string of the molecule is CN(CCC(=O)Nc1cccnc1)CC[C@H](O)c1ccccc1. The Morgan fingerprint density at radius 3 is 2.70 bits per heavy atom. The van der Waals surface area contributed by atoms with Crippen molar-refractivity contribution in [1.29, 1.82) is 0 Å². The van der Waals surface area contributed by atoms with E-state index in [1.165, 1.54) is 0 Å². The van der Waals surface area contributed by atoms with Gasteiger partial charge in [0.2, 0.25) is 5.91 Å². The summed E-state index contributed by atoms with van der Waals surface area (Å²) in [7, 11) is 1.95. The van der Waals surface area contributed by atoms with Crippen molar-refractivity contribution in [1.82, 2.24) is 9.88 Å². The summed E-state index contributed by atoms with van der Waals surface area (Å²) >= 11 is 0. The van der Waals surface area contributed by atoms with Crippen LogP contribution in [0.15, 0.2) is 54.9 Å². The average Bonchev–Trinajstić information content (AvgIpc) is 2.59. The number of pyridine rings is 1. The van der Waals surface area contributed by atoms with Crippen LogP contribution in [-0.2, 0) is 4.79 Å². The first kappa shape index (κ1) is 17.1. The number of benzene rings is 1. The Bertz CT molecular complexity index is 590. The van der Waals surface area contributed by atoms with E-state index >= 15 is 0 Å². The second kappa shape index (κ2) is 9.02. The third-order valence-electron chi connectivity index (χ3n) is 3.63. The molecule has 0 unspecified atom stereocenters. The van der Waals surface area contributed by atoms with Gasteiger partial charge in [-0.25, -0.2) is 0 Å². The lowest BCUT2D eigenvalue weighted by Gasteiger charge is -2.18. The molecule has 1 heterocycles. The highest BCUT2D eigenvalue weighted by molar-refractivity contribution is 5.90. The predicted molar refractivity (Wildman–Crippen MR) is 91.0 cm³/mol. The summed E-state index contributed by atoms with van der Waals surface area (Å²) in [6.45, 7) is 1.38. The van der Waals surface area contributed by atoms with Crippen molar-refractivity contribution in [3.8, 4) is 0 Å². The van der Waals surface area contributed by atoms with E-state index in [4.69, 9.17) is 0 Å². The van der Waals surface area contributed by atoms with Crippen LogP contribution < -0.4 is 5.32 Å². The molecule has 122 valence electrons. The predicted octanol–water partition coefficient (Wildman–Crippen LogP) is 2.47. The van der Waals surface area contributed by atoms with E-state index in [9.17, 15) is 9.90 Å². The van der Waals surface area contributed by atoms with Gasteiger partial charge in [0.25, 0.3) is 0 Å². The molecule has 0 saturated carbocycles. The quantitative estimate of drug-likeness (QED) is 0.786. The molecule has 0 bridgehead atoms. The molecule has 1 aromatic heterocycles. The van der Waals surface area contributed by atoms with Crippen molar-refractivity contribution in [2.75, 3.05) is 25.5 Å². The third kappa shape index (κ3) is 6.18. The zero-order valence-corrected chi connectivity index (χ0v) is 13.4. The molecular weight excluding hydrogens is 290 g/mol. The molecular formula is C18H23N3O2. The molecule has 23 heavy (non-hydrogen) atoms. The number of rotatable bonds is 8. The average molecular weight is 313 g/mol. The van der Waals surface area contributed by atoms with Crippen molar-refractivity contribution in [3.63, 3.8) is 0 Å². The Balaban J connectivity index is 1.67. The zero-order chi connectivity index (χ0) is 16.5. The third-order valence-corrected chi connectivity index (χ3v) is 3.63. The molecule has 1 amide bonds. The lowest BCUT2D eigenvalue weighted by Crippen LogP contribution is -2.26. The van der Waals surface area contributed by atoms with E-state index in [2.05, 4.69) is 15.2 Å². The smallest absolute Gasteiger partial charge is 0.225 e. The van der Waals surface area contributed by atoms with Gasteiger partial charge in [0, 0.05) is 25.7 Å². The molecule has 1 aromatic carbocycles. The van der Waals surface area contributed by atoms with E-state index in [-0.39, 0.29) is 5.91 Å². The summed E-state index contributed by atoms with van der Waals surface area (Å²) in [6, 6.07) is 13.2. The fourth-order valence-electron chi connectivity index (χ4n) is 2.25. The van der Waals surface area contributed by atoms with Crippen LogP contribution in [0.3, 0.4) is 0 Å². The van der Waals surface area contributed by atoms with Gasteiger partial charge in [-0.3, -0.25) is 9.78 Å². The molecule has 2 rings (SSSR count). The molecule has 1 atom stereocenters. The normalized spacial score (nSPS) is 12.1. The molecule has 2 aromatic rings. The zero-order valence-electron chi connectivity index (χ0n) is 13.4. The van der Waals surface area contributed by atoms with Gasteiger partial charge in [0.15, 0.2) is 0 Å². The number of nitrogens with zero attached hydrogens (tertiary/aromatic N) is 2. The van der Waals surface area contributed by atoms with E-state index in [0.717, 1.165) is 12.1 Å². The van der Waals surface area contributed by atoms with Crippen molar-refractivity contribution >= 4 is 11.6 Å². The van der Waals surface area contributed by atoms with E-state index < -0.39 is 6.10 Å². The molecule has 0 aliphatic carbocycles. The Morgan fingerprint density at radius 1 is 1.22 bits per heavy atom. The number of hydrogen-bond acceptors (Lipinski definition) is 4. The summed E-state index contributed by atoms with van der Waals surface area (Å²) < 4.78 is 0. The lowest BCUT2D eigenvalue weighted by molar-refractivity contribution is -0.116. The number of aromatic nitrogens is 1. The van der Waals surface area contributed by atoms with Crippen LogP contribution in [0.2, 0.25) is 0 Å². The number of anilines is 1. The van der Waals surface area contributed by atoms with Crippen molar-refractivity contribution in [2.45, 2.75) is 18.9 Å². The maximum absolute atomic E-state index is 11.9. The van der Waals surface area contributed by atoms with Gasteiger partial charge in [0.1, 0.15) is 0 Å². The highest BCUT2D eigenvalue weighted by Crippen LogP contribution is 2.16. The van der Waals surface area contributed by atoms with Crippen molar-refractivity contribution in [3.05, 3.63) is 60.4 Å². The Morgan fingerprint density at radius 2 is 2.00 bits per heavy atom. The summed E-state index contributed by atoms with van der Waals surface area (Å²) in [4.78, 5) is 17.9. The molecule has 0 aliphatic heterocycles. The van der Waals surface area contributed by atoms with Gasteiger partial charge in [0.05, 0.1) is 18.0 Å². The van der Waals surface area contributed by atoms with Crippen LogP contribution in [-0.4, -0.2) is 41.0 Å². The minimum absolute atomic E-state index is 0.0338. The van der Waals surface area contributed by atoms with Crippen LogP contribution in [0.5, 0.6) is 0 Å². The van der Waals surface area contributed by atoms with Crippen molar-refractivity contribution in [2.24, 2.45) is 0 Å². The van der Waals surface area contributed by atoms with E-state index in [0.29, 0.717) is 25.1 Å². The molecule has 5 nitrogen and oxygen atoms in total. The summed E-state index contributed by atoms with van der Waals surface area (Å²) in [5.41, 5.74) is 1.63. The number of hydrogen-bond donors (Lipinski definition) is 2. The number of carbonyl (C=O) groups excluding carboxylic acids is 1. The highest BCUT2D eigenvalue weighted by atomic mass is 16.3. The Kier molecular flexibility index (Phi) is 6.72. The van der Waals surface area contributed by atoms with Crippen LogP contribution in [0.25, 0.3) is 0 Å². The van der Waals surface area contributed by atoms with Crippen LogP contribution >= 0.6 is 0 Å². The number of amides is 1. The Hall–Kier alpha value is -2.24. The lowest BCUT2D eigenvalue weighted by atomic mass is 10.1. The Labute approximate surface area is 137 Å². The number of aliphatic hydroxyl groups is 1. The van der Waals surface area contributed by atoms with Crippen LogP contribution in [0, 0.1) is 0 Å². The molecule has 0 radical (unpaired) electrons. The molecule has 0 aliphatic rings. The molecule has 5 heteroatoms. The number of nitrogens with one attached hydrogen (secondary N) is 1. The number of carbonyl (C=O) groups is 1. The topological polar surface area (TPSA) is 65.5 Å². The second-order valence-corrected chi connectivity index (χ2v) is 5.56. The van der Waals surface area contributed by atoms with Gasteiger partial charge in [-0.1, -0.05) is 30.3 Å². The summed E-state index contributed by atoms with van der Waals surface area (Å²) in [5, 5.41) is 12.9. The van der Waals surface area contributed by atoms with Crippen LogP contribution in [0.1, 0.15) is 24.5 Å². The molecule has 0 fully saturated rings. The second-order valence-electron chi connectivity index (χ2n) is 5.56. The standard InChI is InChI=1S/C18H23N3O2/c1-21(12-9-17(22)15-6-3-2-4-7-15)13-10-18(23)20-16-8-5-11-19-14-16/h2-8,11,14,17,22H,9-10,12-13H2,1H3,(H,20,23)/t17-/m0/s1. The van der Waals surface area contributed by atoms with E-state index in [1.807, 2.05) is 43.4 Å². The first-order valence-corrected chi connectivity index (χ1v) is 7.76. The van der Waals surface area contributed by atoms with Gasteiger partial charge < -0.3 is 15.3 Å². The minimum Gasteiger partial charge on any atom is -0.388 e. The molecule has 0 spiro atoms. The number of aliphatic hydroxyl groups excluding tert-OH is 1. The summed E-state index contributed by atoms with van der Waals surface area (Å²) in [5.74, 6) is -0.0338. The minimum atomic E-state index is -0.470. The first-order valence-electron chi connectivity index (χ1n) is 7.76. The maximum Gasteiger partial charge on any atom is 0.225 e. The van der Waals surface area contributed by atoms with Crippen molar-refractivity contribution < 1.29 is 9.90 Å².